The van der Waals surface area contributed by atoms with Gasteiger partial charge in [0, 0.05) is 38.0 Å². The molecule has 0 aliphatic rings. The first-order chi connectivity index (χ1) is 19.1. The molecule has 1 aromatic carbocycles. The zero-order valence-electron chi connectivity index (χ0n) is 25.4. The van der Waals surface area contributed by atoms with Crippen LogP contribution >= 0.6 is 11.3 Å². The van der Waals surface area contributed by atoms with Crippen LogP contribution in [0.4, 0.5) is 0 Å². The SMILES string of the molecule is CC(C)(C)Cc1ccc(-c2ccnc(-c3[c-]c4ccccc4[se]3)c2)s1.CCC(CC)C(=O)/C=C(\O)C(CC)CC.[Ir]. The predicted molar refractivity (Wildman–Crippen MR) is 173 cm³/mol. The zero-order valence-corrected chi connectivity index (χ0v) is 30.3. The van der Waals surface area contributed by atoms with E-state index in [-0.39, 0.29) is 43.5 Å². The Hall–Kier alpha value is -1.81. The van der Waals surface area contributed by atoms with E-state index < -0.39 is 0 Å². The van der Waals surface area contributed by atoms with E-state index in [9.17, 15) is 9.90 Å². The van der Waals surface area contributed by atoms with Crippen LogP contribution in [0.25, 0.3) is 30.2 Å². The Bertz CT molecular complexity index is 1370. The molecular weight excluding hydrogens is 770 g/mol. The van der Waals surface area contributed by atoms with Gasteiger partial charge in [-0.25, -0.2) is 0 Å². The monoisotopic (exact) mass is 815 g/mol. The van der Waals surface area contributed by atoms with Crippen LogP contribution in [0.3, 0.4) is 0 Å². The number of ketones is 1. The van der Waals surface area contributed by atoms with Crippen molar-refractivity contribution in [1.82, 2.24) is 4.98 Å². The Kier molecular flexibility index (Phi) is 14.4. The standard InChI is InChI=1S/C22H20NSSe.C13H24O2.Ir/c1-22(2,3)14-17-8-9-19(24-17)15-10-11-23-18(12-15)21-13-16-6-4-5-7-20(16)25-21;1-5-10(6-2)12(14)9-13(15)11(7-3)8-4;/h4-12H,14H2,1-3H3;9-11,14H,5-8H2,1-4H3;/q-1;;/b;12-9-;. The Labute approximate surface area is 270 Å². The largest absolute Gasteiger partial charge is 0.512 e. The number of allylic oxidation sites excluding steroid dienone is 2. The molecule has 3 nitrogen and oxygen atoms in total. The third kappa shape index (κ3) is 10.4. The van der Waals surface area contributed by atoms with Crippen molar-refractivity contribution >= 4 is 41.3 Å². The van der Waals surface area contributed by atoms with Crippen molar-refractivity contribution in [3.8, 4) is 20.6 Å². The van der Waals surface area contributed by atoms with E-state index in [0.29, 0.717) is 19.9 Å². The van der Waals surface area contributed by atoms with Crippen molar-refractivity contribution in [1.29, 1.82) is 0 Å². The second-order valence-electron chi connectivity index (χ2n) is 11.5. The molecule has 0 saturated carbocycles. The molecule has 0 aliphatic carbocycles. The number of rotatable bonds is 10. The third-order valence-electron chi connectivity index (χ3n) is 7.07. The molecule has 4 aromatic rings. The van der Waals surface area contributed by atoms with Crippen molar-refractivity contribution in [3.63, 3.8) is 0 Å². The van der Waals surface area contributed by atoms with Gasteiger partial charge >= 0.3 is 159 Å². The quantitative estimate of drug-likeness (QED) is 0.0751. The van der Waals surface area contributed by atoms with E-state index in [1.54, 1.807) is 0 Å². The smallest absolute Gasteiger partial charge is 0.162 e. The van der Waals surface area contributed by atoms with Crippen molar-refractivity contribution in [2.75, 3.05) is 0 Å². The van der Waals surface area contributed by atoms with Gasteiger partial charge in [0.25, 0.3) is 0 Å². The van der Waals surface area contributed by atoms with Crippen LogP contribution in [0, 0.1) is 23.3 Å². The van der Waals surface area contributed by atoms with Crippen molar-refractivity contribution < 1.29 is 30.0 Å². The van der Waals surface area contributed by atoms with Crippen LogP contribution in [-0.4, -0.2) is 30.4 Å². The molecule has 6 heteroatoms. The first kappa shape index (κ1) is 35.4. The Morgan fingerprint density at radius 1 is 1.00 bits per heavy atom. The number of carbonyl (C=O) groups is 1. The maximum atomic E-state index is 11.7. The Morgan fingerprint density at radius 3 is 2.27 bits per heavy atom. The first-order valence-electron chi connectivity index (χ1n) is 14.5. The molecule has 0 unspecified atom stereocenters. The number of aliphatic hydroxyl groups excluding tert-OH is 1. The van der Waals surface area contributed by atoms with E-state index in [2.05, 4.69) is 80.4 Å². The van der Waals surface area contributed by atoms with Gasteiger partial charge in [0.05, 0.1) is 5.76 Å². The van der Waals surface area contributed by atoms with Gasteiger partial charge in [-0.1, -0.05) is 27.7 Å². The molecule has 223 valence electrons. The normalized spacial score (nSPS) is 11.9. The first-order valence-corrected chi connectivity index (χ1v) is 17.0. The predicted octanol–water partition coefficient (Wildman–Crippen LogP) is 9.94. The molecule has 0 saturated heterocycles. The molecule has 0 atom stereocenters. The van der Waals surface area contributed by atoms with Gasteiger partial charge in [0.2, 0.25) is 0 Å². The van der Waals surface area contributed by atoms with Crippen molar-refractivity contribution in [3.05, 3.63) is 77.5 Å². The van der Waals surface area contributed by atoms with E-state index in [1.807, 2.05) is 45.2 Å². The molecule has 3 aromatic heterocycles. The summed E-state index contributed by atoms with van der Waals surface area (Å²) in [5, 5.41) is 11.0. The number of hydrogen-bond acceptors (Lipinski definition) is 4. The van der Waals surface area contributed by atoms with Gasteiger partial charge in [-0.2, -0.15) is 0 Å². The second kappa shape index (κ2) is 16.7. The Balaban J connectivity index is 0.000000320. The summed E-state index contributed by atoms with van der Waals surface area (Å²) < 4.78 is 2.66. The molecule has 0 fully saturated rings. The molecule has 0 aliphatic heterocycles. The van der Waals surface area contributed by atoms with Gasteiger partial charge in [0.1, 0.15) is 0 Å². The van der Waals surface area contributed by atoms with Crippen LogP contribution in [0.2, 0.25) is 0 Å². The number of aliphatic hydroxyl groups is 1. The van der Waals surface area contributed by atoms with Gasteiger partial charge in [-0.15, -0.1) is 0 Å². The fourth-order valence-corrected chi connectivity index (χ4v) is 8.02. The van der Waals surface area contributed by atoms with E-state index >= 15 is 0 Å². The fraction of sp³-hybridized carbons (Fsp3) is 0.429. The van der Waals surface area contributed by atoms with E-state index in [4.69, 9.17) is 0 Å². The molecule has 0 bridgehead atoms. The minimum absolute atomic E-state index is 0. The summed E-state index contributed by atoms with van der Waals surface area (Å²) in [7, 11) is 0. The summed E-state index contributed by atoms with van der Waals surface area (Å²) in [6, 6.07) is 20.9. The number of thiophene rings is 1. The maximum Gasteiger partial charge on any atom is 0.162 e. The Morgan fingerprint density at radius 2 is 1.66 bits per heavy atom. The van der Waals surface area contributed by atoms with Gasteiger partial charge < -0.3 is 5.11 Å². The van der Waals surface area contributed by atoms with Gasteiger partial charge in [-0.05, 0) is 25.7 Å². The van der Waals surface area contributed by atoms with E-state index in [0.717, 1.165) is 37.8 Å². The maximum absolute atomic E-state index is 11.7. The summed E-state index contributed by atoms with van der Waals surface area (Å²) in [4.78, 5) is 19.1. The number of pyridine rings is 1. The van der Waals surface area contributed by atoms with Crippen LogP contribution in [0.5, 0.6) is 0 Å². The molecule has 3 heterocycles. The van der Waals surface area contributed by atoms with Gasteiger partial charge in [0.15, 0.2) is 5.78 Å². The molecule has 1 radical (unpaired) electrons. The van der Waals surface area contributed by atoms with Crippen LogP contribution in [-0.2, 0) is 31.3 Å². The molecular formula is C35H44IrNO2SSe-. The number of nitrogens with zero attached hydrogens (tertiary/aromatic N) is 1. The minimum Gasteiger partial charge on any atom is -0.512 e. The molecule has 0 amide bonds. The van der Waals surface area contributed by atoms with Crippen LogP contribution < -0.4 is 0 Å². The molecule has 4 rings (SSSR count). The van der Waals surface area contributed by atoms with Crippen LogP contribution in [0.15, 0.2) is 66.6 Å². The average molecular weight is 814 g/mol. The van der Waals surface area contributed by atoms with Crippen molar-refractivity contribution in [2.24, 2.45) is 17.3 Å². The van der Waals surface area contributed by atoms with Crippen molar-refractivity contribution in [2.45, 2.75) is 80.6 Å². The summed E-state index contributed by atoms with van der Waals surface area (Å²) >= 11 is 2.20. The third-order valence-corrected chi connectivity index (χ3v) is 10.5. The summed E-state index contributed by atoms with van der Waals surface area (Å²) in [6.07, 6.45) is 7.96. The number of fused-ring (bicyclic) bond motifs is 1. The number of hydrogen-bond donors (Lipinski definition) is 1. The number of benzene rings is 1. The molecule has 41 heavy (non-hydrogen) atoms. The second-order valence-corrected chi connectivity index (χ2v) is 14.9. The summed E-state index contributed by atoms with van der Waals surface area (Å²) in [6.45, 7) is 14.9. The number of carbonyl (C=O) groups excluding carboxylic acids is 1. The molecule has 1 N–H and O–H groups in total. The van der Waals surface area contributed by atoms with Crippen LogP contribution in [0.1, 0.15) is 79.0 Å². The summed E-state index contributed by atoms with van der Waals surface area (Å²) in [5.41, 5.74) is 2.65. The average Bonchev–Trinajstić information content (AvgIpc) is 3.57. The topological polar surface area (TPSA) is 50.2 Å². The number of aromatic nitrogens is 1. The minimum atomic E-state index is 0. The fourth-order valence-electron chi connectivity index (χ4n) is 4.67. The zero-order chi connectivity index (χ0) is 29.3. The van der Waals surface area contributed by atoms with E-state index in [1.165, 1.54) is 35.5 Å². The molecule has 0 spiro atoms. The summed E-state index contributed by atoms with van der Waals surface area (Å²) in [5.74, 6) is 0.547. The van der Waals surface area contributed by atoms with Gasteiger partial charge in [-0.3, -0.25) is 4.79 Å².